The average molecular weight is 475 g/mol. The number of fused-ring (bicyclic) bond motifs is 2. The molecular weight excluding hydrogens is 448 g/mol. The molecule has 0 atom stereocenters. The summed E-state index contributed by atoms with van der Waals surface area (Å²) in [6.45, 7) is 4.36. The number of ketones is 1. The van der Waals surface area contributed by atoms with Gasteiger partial charge in [-0.05, 0) is 59.9 Å². The molecule has 1 N–H and O–H groups in total. The van der Waals surface area contributed by atoms with Crippen molar-refractivity contribution >= 4 is 11.7 Å². The highest BCUT2D eigenvalue weighted by Gasteiger charge is 2.35. The largest absolute Gasteiger partial charge is 0.497 e. The molecule has 1 amide bonds. The number of ether oxygens (including phenoxy) is 3. The monoisotopic (exact) mass is 474 g/mol. The van der Waals surface area contributed by atoms with E-state index in [4.69, 9.17) is 14.2 Å². The number of hydrogen-bond acceptors (Lipinski definition) is 6. The Kier molecular flexibility index (Phi) is 5.59. The van der Waals surface area contributed by atoms with Gasteiger partial charge in [-0.2, -0.15) is 0 Å². The molecule has 0 fully saturated rings. The van der Waals surface area contributed by atoms with Crippen LogP contribution in [0, 0.1) is 5.41 Å². The Hall–Kier alpha value is -4.07. The van der Waals surface area contributed by atoms with E-state index in [2.05, 4.69) is 5.32 Å². The second kappa shape index (κ2) is 8.61. The fourth-order valence-electron chi connectivity index (χ4n) is 4.61. The highest BCUT2D eigenvalue weighted by molar-refractivity contribution is 6.02. The second-order valence-electron chi connectivity index (χ2n) is 9.57. The zero-order valence-corrected chi connectivity index (χ0v) is 19.8. The smallest absolute Gasteiger partial charge is 0.268 e. The first-order valence-electron chi connectivity index (χ1n) is 11.4. The van der Waals surface area contributed by atoms with E-state index in [0.717, 1.165) is 5.56 Å². The Morgan fingerprint density at radius 1 is 1.03 bits per heavy atom. The Balaban J connectivity index is 1.53. The van der Waals surface area contributed by atoms with E-state index in [1.54, 1.807) is 43.5 Å². The van der Waals surface area contributed by atoms with Gasteiger partial charge in [0.25, 0.3) is 11.5 Å². The first-order valence-corrected chi connectivity index (χ1v) is 11.4. The van der Waals surface area contributed by atoms with Gasteiger partial charge >= 0.3 is 0 Å². The molecule has 0 unspecified atom stereocenters. The number of nitrogens with zero attached hydrogens (tertiary/aromatic N) is 1. The summed E-state index contributed by atoms with van der Waals surface area (Å²) in [7, 11) is 1.56. The number of rotatable bonds is 5. The maximum atomic E-state index is 13.6. The van der Waals surface area contributed by atoms with Crippen LogP contribution in [0.25, 0.3) is 5.69 Å². The quantitative estimate of drug-likeness (QED) is 0.606. The van der Waals surface area contributed by atoms with Crippen LogP contribution in [0.1, 0.15) is 52.2 Å². The number of carbonyl (C=O) groups is 2. The number of methoxy groups -OCH3 is 1. The Labute approximate surface area is 202 Å². The van der Waals surface area contributed by atoms with Crippen molar-refractivity contribution in [3.8, 4) is 22.9 Å². The zero-order valence-electron chi connectivity index (χ0n) is 19.8. The number of benzene rings is 2. The van der Waals surface area contributed by atoms with Gasteiger partial charge < -0.3 is 19.5 Å². The molecule has 180 valence electrons. The molecule has 2 aromatic carbocycles. The van der Waals surface area contributed by atoms with Crippen LogP contribution in [0.3, 0.4) is 0 Å². The number of carbonyl (C=O) groups excluding carboxylic acids is 2. The highest BCUT2D eigenvalue weighted by Crippen LogP contribution is 2.36. The fraction of sp³-hybridized carbons (Fsp3) is 0.296. The van der Waals surface area contributed by atoms with Crippen molar-refractivity contribution in [1.82, 2.24) is 9.88 Å². The van der Waals surface area contributed by atoms with Crippen LogP contribution < -0.4 is 25.1 Å². The molecule has 1 aromatic heterocycles. The normalized spacial score (nSPS) is 15.5. The molecule has 0 saturated carbocycles. The molecule has 8 nitrogen and oxygen atoms in total. The molecule has 3 aromatic rings. The lowest BCUT2D eigenvalue weighted by molar-refractivity contribution is 0.0908. The molecule has 1 aliphatic carbocycles. The van der Waals surface area contributed by atoms with Gasteiger partial charge in [0, 0.05) is 29.9 Å². The molecule has 2 heterocycles. The molecule has 35 heavy (non-hydrogen) atoms. The highest BCUT2D eigenvalue weighted by atomic mass is 16.7. The molecule has 1 aliphatic heterocycles. The summed E-state index contributed by atoms with van der Waals surface area (Å²) >= 11 is 0. The number of amides is 1. The van der Waals surface area contributed by atoms with Crippen LogP contribution in [0.5, 0.6) is 17.2 Å². The number of pyridine rings is 1. The van der Waals surface area contributed by atoms with Crippen molar-refractivity contribution in [1.29, 1.82) is 0 Å². The molecule has 2 aliphatic rings. The summed E-state index contributed by atoms with van der Waals surface area (Å²) in [6, 6.07) is 13.8. The van der Waals surface area contributed by atoms with Crippen LogP contribution in [0.4, 0.5) is 0 Å². The summed E-state index contributed by atoms with van der Waals surface area (Å²) in [5.74, 6) is 1.28. The maximum absolute atomic E-state index is 13.6. The molecule has 0 bridgehead atoms. The van der Waals surface area contributed by atoms with Crippen molar-refractivity contribution in [2.45, 2.75) is 33.2 Å². The van der Waals surface area contributed by atoms with Gasteiger partial charge in [0.1, 0.15) is 11.3 Å². The third-order valence-electron chi connectivity index (χ3n) is 6.35. The van der Waals surface area contributed by atoms with E-state index < -0.39 is 11.5 Å². The van der Waals surface area contributed by atoms with Gasteiger partial charge in [-0.25, -0.2) is 0 Å². The number of nitrogens with one attached hydrogen (secondary N) is 1. The van der Waals surface area contributed by atoms with Crippen molar-refractivity contribution in [3.63, 3.8) is 0 Å². The van der Waals surface area contributed by atoms with Gasteiger partial charge in [0.2, 0.25) is 6.79 Å². The van der Waals surface area contributed by atoms with E-state index in [0.29, 0.717) is 47.0 Å². The van der Waals surface area contributed by atoms with Crippen LogP contribution in [-0.4, -0.2) is 30.2 Å². The first-order chi connectivity index (χ1) is 16.8. The van der Waals surface area contributed by atoms with E-state index >= 15 is 0 Å². The SMILES string of the molecule is COc1ccc(-n2c3c(cc(C(=O)NCc4ccc5c(c4)OCO5)c2=O)C(=O)CC(C)(C)C3)cc1. The minimum absolute atomic E-state index is 0.0756. The molecule has 0 radical (unpaired) electrons. The third kappa shape index (κ3) is 4.27. The summed E-state index contributed by atoms with van der Waals surface area (Å²) in [6.07, 6.45) is 0.882. The average Bonchev–Trinajstić information content (AvgIpc) is 3.30. The van der Waals surface area contributed by atoms with Gasteiger partial charge in [-0.15, -0.1) is 0 Å². The van der Waals surface area contributed by atoms with Crippen LogP contribution in [-0.2, 0) is 13.0 Å². The lowest BCUT2D eigenvalue weighted by atomic mass is 9.75. The van der Waals surface area contributed by atoms with Crippen LogP contribution >= 0.6 is 0 Å². The fourth-order valence-corrected chi connectivity index (χ4v) is 4.61. The summed E-state index contributed by atoms with van der Waals surface area (Å²) in [5, 5.41) is 2.80. The Morgan fingerprint density at radius 2 is 1.77 bits per heavy atom. The summed E-state index contributed by atoms with van der Waals surface area (Å²) < 4.78 is 17.4. The van der Waals surface area contributed by atoms with Gasteiger partial charge in [-0.3, -0.25) is 19.0 Å². The summed E-state index contributed by atoms with van der Waals surface area (Å²) in [5.41, 5.74) is 1.56. The zero-order chi connectivity index (χ0) is 24.7. The lowest BCUT2D eigenvalue weighted by Crippen LogP contribution is -2.38. The molecular formula is C27H26N2O6. The van der Waals surface area contributed by atoms with Crippen LogP contribution in [0.15, 0.2) is 53.3 Å². The molecule has 0 saturated heterocycles. The predicted octanol–water partition coefficient (Wildman–Crippen LogP) is 3.66. The Morgan fingerprint density at radius 3 is 2.51 bits per heavy atom. The van der Waals surface area contributed by atoms with E-state index in [1.165, 1.54) is 10.6 Å². The lowest BCUT2D eigenvalue weighted by Gasteiger charge is -2.32. The minimum atomic E-state index is -0.546. The van der Waals surface area contributed by atoms with E-state index in [1.807, 2.05) is 19.9 Å². The molecule has 8 heteroatoms. The predicted molar refractivity (Wildman–Crippen MR) is 129 cm³/mol. The van der Waals surface area contributed by atoms with Crippen molar-refractivity contribution in [2.24, 2.45) is 5.41 Å². The van der Waals surface area contributed by atoms with E-state index in [9.17, 15) is 14.4 Å². The standard InChI is InChI=1S/C27H26N2O6/c1-27(2)12-21-19(22(30)13-27)11-20(26(32)29(21)17-5-7-18(33-3)8-6-17)25(31)28-14-16-4-9-23-24(10-16)35-15-34-23/h4-11H,12-15H2,1-3H3,(H,28,31). The summed E-state index contributed by atoms with van der Waals surface area (Å²) in [4.78, 5) is 39.9. The molecule has 0 spiro atoms. The van der Waals surface area contributed by atoms with Gasteiger partial charge in [0.15, 0.2) is 17.3 Å². The van der Waals surface area contributed by atoms with Crippen molar-refractivity contribution < 1.29 is 23.8 Å². The second-order valence-corrected chi connectivity index (χ2v) is 9.57. The number of hydrogen-bond donors (Lipinski definition) is 1. The minimum Gasteiger partial charge on any atom is -0.497 e. The number of aromatic nitrogens is 1. The Bertz CT molecular complexity index is 1390. The third-order valence-corrected chi connectivity index (χ3v) is 6.35. The van der Waals surface area contributed by atoms with E-state index in [-0.39, 0.29) is 30.1 Å². The van der Waals surface area contributed by atoms with Crippen LogP contribution in [0.2, 0.25) is 0 Å². The maximum Gasteiger partial charge on any atom is 0.268 e. The molecule has 5 rings (SSSR count). The first kappa shape index (κ1) is 22.7. The van der Waals surface area contributed by atoms with Crippen molar-refractivity contribution in [3.05, 3.63) is 81.3 Å². The topological polar surface area (TPSA) is 95.9 Å². The van der Waals surface area contributed by atoms with Crippen molar-refractivity contribution in [2.75, 3.05) is 13.9 Å². The van der Waals surface area contributed by atoms with Gasteiger partial charge in [0.05, 0.1) is 7.11 Å². The van der Waals surface area contributed by atoms with Gasteiger partial charge in [-0.1, -0.05) is 19.9 Å². The number of Topliss-reactive ketones (excluding diaryl/α,β-unsaturated/α-hetero) is 1.